The van der Waals surface area contributed by atoms with Crippen molar-refractivity contribution in [1.82, 2.24) is 0 Å². The number of methoxy groups -OCH3 is 1. The molecule has 0 amide bonds. The fourth-order valence-corrected chi connectivity index (χ4v) is 2.50. The van der Waals surface area contributed by atoms with Crippen LogP contribution in [0.15, 0.2) is 53.0 Å². The van der Waals surface area contributed by atoms with E-state index in [0.717, 1.165) is 21.5 Å². The second kappa shape index (κ2) is 8.05. The van der Waals surface area contributed by atoms with Gasteiger partial charge in [0.1, 0.15) is 11.5 Å². The molecule has 0 aliphatic heterocycles. The molecule has 3 nitrogen and oxygen atoms in total. The van der Waals surface area contributed by atoms with Crippen LogP contribution in [0.3, 0.4) is 0 Å². The van der Waals surface area contributed by atoms with Gasteiger partial charge in [-0.3, -0.25) is 0 Å². The zero-order valence-electron chi connectivity index (χ0n) is 12.0. The molecule has 0 saturated carbocycles. The summed E-state index contributed by atoms with van der Waals surface area (Å²) in [6, 6.07) is 15.4. The van der Waals surface area contributed by atoms with Gasteiger partial charge in [-0.1, -0.05) is 34.1 Å². The number of halogens is 1. The standard InChI is InChI=1S/C17H19BrO3/c1-20-17-8-7-14(18)11-13(17)12-15(19)9-10-21-16-5-3-2-4-6-16/h2-8,11,15,19H,9-10,12H2,1H3. The first-order valence-corrected chi connectivity index (χ1v) is 7.66. The Hall–Kier alpha value is -1.52. The number of rotatable bonds is 7. The van der Waals surface area contributed by atoms with E-state index >= 15 is 0 Å². The van der Waals surface area contributed by atoms with E-state index in [9.17, 15) is 5.11 Å². The molecule has 0 aliphatic carbocycles. The van der Waals surface area contributed by atoms with E-state index in [2.05, 4.69) is 15.9 Å². The van der Waals surface area contributed by atoms with E-state index in [1.54, 1.807) is 7.11 Å². The van der Waals surface area contributed by atoms with Crippen molar-refractivity contribution in [2.75, 3.05) is 13.7 Å². The average molecular weight is 351 g/mol. The van der Waals surface area contributed by atoms with Gasteiger partial charge in [0.2, 0.25) is 0 Å². The van der Waals surface area contributed by atoms with Gasteiger partial charge < -0.3 is 14.6 Å². The Labute approximate surface area is 133 Å². The Morgan fingerprint density at radius 2 is 1.90 bits per heavy atom. The summed E-state index contributed by atoms with van der Waals surface area (Å²) in [5.41, 5.74) is 0.985. The average Bonchev–Trinajstić information content (AvgIpc) is 2.48. The van der Waals surface area contributed by atoms with Crippen LogP contribution in [-0.4, -0.2) is 24.9 Å². The highest BCUT2D eigenvalue weighted by atomic mass is 79.9. The highest BCUT2D eigenvalue weighted by Gasteiger charge is 2.11. The summed E-state index contributed by atoms with van der Waals surface area (Å²) in [7, 11) is 1.64. The molecule has 2 aromatic rings. The number of hydrogen-bond donors (Lipinski definition) is 1. The SMILES string of the molecule is COc1ccc(Br)cc1CC(O)CCOc1ccccc1. The predicted octanol–water partition coefficient (Wildman–Crippen LogP) is 3.83. The number of ether oxygens (including phenoxy) is 2. The highest BCUT2D eigenvalue weighted by Crippen LogP contribution is 2.24. The summed E-state index contributed by atoms with van der Waals surface area (Å²) >= 11 is 3.44. The van der Waals surface area contributed by atoms with Gasteiger partial charge >= 0.3 is 0 Å². The van der Waals surface area contributed by atoms with Crippen molar-refractivity contribution in [1.29, 1.82) is 0 Å². The third-order valence-corrected chi connectivity index (χ3v) is 3.65. The molecule has 1 unspecified atom stereocenters. The number of aliphatic hydroxyl groups is 1. The molecular formula is C17H19BrO3. The van der Waals surface area contributed by atoms with Crippen molar-refractivity contribution >= 4 is 15.9 Å². The van der Waals surface area contributed by atoms with Crippen molar-refractivity contribution in [3.63, 3.8) is 0 Å². The van der Waals surface area contributed by atoms with E-state index < -0.39 is 6.10 Å². The second-order valence-electron chi connectivity index (χ2n) is 4.76. The smallest absolute Gasteiger partial charge is 0.122 e. The molecule has 1 atom stereocenters. The largest absolute Gasteiger partial charge is 0.496 e. The summed E-state index contributed by atoms with van der Waals surface area (Å²) in [5.74, 6) is 1.62. The molecule has 4 heteroatoms. The Bertz CT molecular complexity index is 557. The number of benzene rings is 2. The topological polar surface area (TPSA) is 38.7 Å². The number of hydrogen-bond acceptors (Lipinski definition) is 3. The summed E-state index contributed by atoms with van der Waals surface area (Å²) < 4.78 is 11.9. The van der Waals surface area contributed by atoms with Crippen molar-refractivity contribution in [3.8, 4) is 11.5 Å². The van der Waals surface area contributed by atoms with Gasteiger partial charge in [0.25, 0.3) is 0 Å². The molecular weight excluding hydrogens is 332 g/mol. The Kier molecular flexibility index (Phi) is 6.08. The van der Waals surface area contributed by atoms with Crippen LogP contribution in [0.2, 0.25) is 0 Å². The van der Waals surface area contributed by atoms with Crippen molar-refractivity contribution < 1.29 is 14.6 Å². The van der Waals surface area contributed by atoms with E-state index in [4.69, 9.17) is 9.47 Å². The first-order valence-electron chi connectivity index (χ1n) is 6.87. The first kappa shape index (κ1) is 15.9. The van der Waals surface area contributed by atoms with Crippen LogP contribution in [0.1, 0.15) is 12.0 Å². The fraction of sp³-hybridized carbons (Fsp3) is 0.294. The maximum atomic E-state index is 10.1. The lowest BCUT2D eigenvalue weighted by molar-refractivity contribution is 0.138. The van der Waals surface area contributed by atoms with Crippen LogP contribution in [0.5, 0.6) is 11.5 Å². The van der Waals surface area contributed by atoms with Crippen LogP contribution < -0.4 is 9.47 Å². The molecule has 0 aliphatic rings. The van der Waals surface area contributed by atoms with Crippen LogP contribution in [0.25, 0.3) is 0 Å². The van der Waals surface area contributed by atoms with Gasteiger partial charge in [-0.2, -0.15) is 0 Å². The summed E-state index contributed by atoms with van der Waals surface area (Å²) in [4.78, 5) is 0. The number of aliphatic hydroxyl groups excluding tert-OH is 1. The summed E-state index contributed by atoms with van der Waals surface area (Å²) in [5, 5.41) is 10.1. The lowest BCUT2D eigenvalue weighted by atomic mass is 10.1. The third kappa shape index (κ3) is 5.06. The third-order valence-electron chi connectivity index (χ3n) is 3.16. The van der Waals surface area contributed by atoms with Crippen LogP contribution in [0, 0.1) is 0 Å². The monoisotopic (exact) mass is 350 g/mol. The van der Waals surface area contributed by atoms with E-state index in [1.165, 1.54) is 0 Å². The molecule has 1 N–H and O–H groups in total. The molecule has 2 aromatic carbocycles. The summed E-state index contributed by atoms with van der Waals surface area (Å²) in [6.45, 7) is 0.488. The van der Waals surface area contributed by atoms with Crippen molar-refractivity contribution in [2.24, 2.45) is 0 Å². The van der Waals surface area contributed by atoms with Gasteiger partial charge in [-0.15, -0.1) is 0 Å². The maximum Gasteiger partial charge on any atom is 0.122 e. The molecule has 2 rings (SSSR count). The van der Waals surface area contributed by atoms with Gasteiger partial charge in [0.05, 0.1) is 19.8 Å². The first-order chi connectivity index (χ1) is 10.2. The van der Waals surface area contributed by atoms with Gasteiger partial charge in [0, 0.05) is 17.3 Å². The highest BCUT2D eigenvalue weighted by molar-refractivity contribution is 9.10. The van der Waals surface area contributed by atoms with Crippen molar-refractivity contribution in [3.05, 3.63) is 58.6 Å². The molecule has 0 saturated heterocycles. The zero-order chi connectivity index (χ0) is 15.1. The lowest BCUT2D eigenvalue weighted by Gasteiger charge is -2.14. The second-order valence-corrected chi connectivity index (χ2v) is 5.68. The molecule has 0 heterocycles. The molecule has 0 aromatic heterocycles. The molecule has 0 fully saturated rings. The summed E-state index contributed by atoms with van der Waals surface area (Å²) in [6.07, 6.45) is 0.655. The molecule has 112 valence electrons. The van der Waals surface area contributed by atoms with E-state index in [-0.39, 0.29) is 0 Å². The van der Waals surface area contributed by atoms with E-state index in [0.29, 0.717) is 19.4 Å². The number of para-hydroxylation sites is 1. The van der Waals surface area contributed by atoms with Crippen molar-refractivity contribution in [2.45, 2.75) is 18.9 Å². The van der Waals surface area contributed by atoms with Gasteiger partial charge in [-0.05, 0) is 35.9 Å². The quantitative estimate of drug-likeness (QED) is 0.824. The predicted molar refractivity (Wildman–Crippen MR) is 87.0 cm³/mol. The molecule has 21 heavy (non-hydrogen) atoms. The van der Waals surface area contributed by atoms with Gasteiger partial charge in [-0.25, -0.2) is 0 Å². The Balaban J connectivity index is 1.84. The molecule has 0 radical (unpaired) electrons. The van der Waals surface area contributed by atoms with E-state index in [1.807, 2.05) is 48.5 Å². The lowest BCUT2D eigenvalue weighted by Crippen LogP contribution is -2.15. The van der Waals surface area contributed by atoms with Crippen LogP contribution >= 0.6 is 15.9 Å². The minimum atomic E-state index is -0.461. The maximum absolute atomic E-state index is 10.1. The normalized spacial score (nSPS) is 12.0. The minimum Gasteiger partial charge on any atom is -0.496 e. The fourth-order valence-electron chi connectivity index (χ4n) is 2.09. The van der Waals surface area contributed by atoms with Crippen LogP contribution in [-0.2, 0) is 6.42 Å². The zero-order valence-corrected chi connectivity index (χ0v) is 13.5. The Morgan fingerprint density at radius 3 is 2.62 bits per heavy atom. The molecule has 0 spiro atoms. The van der Waals surface area contributed by atoms with Gasteiger partial charge in [0.15, 0.2) is 0 Å². The Morgan fingerprint density at radius 1 is 1.14 bits per heavy atom. The minimum absolute atomic E-state index is 0.461. The van der Waals surface area contributed by atoms with Crippen LogP contribution in [0.4, 0.5) is 0 Å². The molecule has 0 bridgehead atoms.